The fourth-order valence-corrected chi connectivity index (χ4v) is 2.79. The minimum Gasteiger partial charge on any atom is -0.497 e. The number of nitrogens with two attached hydrogens (primary N) is 2. The normalized spacial score (nSPS) is 13.5. The van der Waals surface area contributed by atoms with Crippen LogP contribution in [-0.2, 0) is 0 Å². The van der Waals surface area contributed by atoms with Gasteiger partial charge in [0.1, 0.15) is 11.5 Å². The Morgan fingerprint density at radius 2 is 1.14 bits per heavy atom. The molecule has 6 heteroatoms. The van der Waals surface area contributed by atoms with Gasteiger partial charge in [0.15, 0.2) is 0 Å². The number of hydrogen-bond donors (Lipinski definition) is 2. The van der Waals surface area contributed by atoms with Gasteiger partial charge in [0.05, 0.1) is 26.3 Å². The number of halogens is 2. The van der Waals surface area contributed by atoms with Crippen molar-refractivity contribution in [3.63, 3.8) is 0 Å². The lowest BCUT2D eigenvalue weighted by molar-refractivity contribution is 0.414. The van der Waals surface area contributed by atoms with Crippen LogP contribution in [0.2, 0.25) is 10.0 Å². The Labute approximate surface area is 139 Å². The summed E-state index contributed by atoms with van der Waals surface area (Å²) in [6.07, 6.45) is 0. The molecule has 0 aliphatic carbocycles. The Hall–Kier alpha value is -1.46. The molecule has 4 nitrogen and oxygen atoms in total. The van der Waals surface area contributed by atoms with E-state index in [4.69, 9.17) is 44.1 Å². The number of benzene rings is 2. The van der Waals surface area contributed by atoms with Crippen molar-refractivity contribution in [2.45, 2.75) is 12.1 Å². The number of ether oxygens (including phenoxy) is 2. The van der Waals surface area contributed by atoms with Crippen LogP contribution in [0.4, 0.5) is 0 Å². The maximum atomic E-state index is 6.26. The Balaban J connectivity index is 2.30. The zero-order chi connectivity index (χ0) is 16.3. The van der Waals surface area contributed by atoms with E-state index < -0.39 is 12.1 Å². The van der Waals surface area contributed by atoms with E-state index in [1.807, 2.05) is 12.1 Å². The molecule has 0 amide bonds. The topological polar surface area (TPSA) is 70.5 Å². The highest BCUT2D eigenvalue weighted by Gasteiger charge is 2.22. The third-order valence-electron chi connectivity index (χ3n) is 3.52. The van der Waals surface area contributed by atoms with Gasteiger partial charge in [-0.3, -0.25) is 0 Å². The Bertz CT molecular complexity index is 607. The quantitative estimate of drug-likeness (QED) is 0.870. The number of rotatable bonds is 5. The van der Waals surface area contributed by atoms with Crippen molar-refractivity contribution < 1.29 is 9.47 Å². The first kappa shape index (κ1) is 16.9. The van der Waals surface area contributed by atoms with E-state index in [2.05, 4.69) is 0 Å². The van der Waals surface area contributed by atoms with Gasteiger partial charge in [0.2, 0.25) is 0 Å². The van der Waals surface area contributed by atoms with Crippen molar-refractivity contribution in [2.24, 2.45) is 11.5 Å². The summed E-state index contributed by atoms with van der Waals surface area (Å²) in [6, 6.07) is 9.63. The monoisotopic (exact) mass is 340 g/mol. The second-order valence-corrected chi connectivity index (χ2v) is 5.64. The molecular formula is C16H18Cl2N2O2. The first-order valence-corrected chi connectivity index (χ1v) is 7.41. The summed E-state index contributed by atoms with van der Waals surface area (Å²) in [7, 11) is 3.16. The standard InChI is InChI=1S/C16H18Cl2N2O2/c1-21-9-3-5-11(13(17)7-9)15(19)16(20)12-6-4-10(22-2)8-14(12)18/h3-8,15-16H,19-20H2,1-2H3/t15-,16+. The molecular weight excluding hydrogens is 323 g/mol. The summed E-state index contributed by atoms with van der Waals surface area (Å²) in [5, 5.41) is 1.01. The lowest BCUT2D eigenvalue weighted by Crippen LogP contribution is -2.27. The number of hydrogen-bond acceptors (Lipinski definition) is 4. The molecule has 0 heterocycles. The Morgan fingerprint density at radius 1 is 0.773 bits per heavy atom. The molecule has 2 atom stereocenters. The summed E-state index contributed by atoms with van der Waals surface area (Å²) in [4.78, 5) is 0. The maximum absolute atomic E-state index is 6.26. The Morgan fingerprint density at radius 3 is 1.41 bits per heavy atom. The molecule has 0 fully saturated rings. The molecule has 0 unspecified atom stereocenters. The van der Waals surface area contributed by atoms with Crippen molar-refractivity contribution in [2.75, 3.05) is 14.2 Å². The van der Waals surface area contributed by atoms with Crippen molar-refractivity contribution in [1.82, 2.24) is 0 Å². The molecule has 2 rings (SSSR count). The third kappa shape index (κ3) is 3.47. The molecule has 0 saturated heterocycles. The molecule has 0 spiro atoms. The van der Waals surface area contributed by atoms with E-state index >= 15 is 0 Å². The summed E-state index contributed by atoms with van der Waals surface area (Å²) in [5.74, 6) is 1.33. The third-order valence-corrected chi connectivity index (χ3v) is 4.18. The van der Waals surface area contributed by atoms with Crippen LogP contribution in [0, 0.1) is 0 Å². The van der Waals surface area contributed by atoms with E-state index in [9.17, 15) is 0 Å². The highest BCUT2D eigenvalue weighted by molar-refractivity contribution is 6.32. The highest BCUT2D eigenvalue weighted by atomic mass is 35.5. The predicted molar refractivity (Wildman–Crippen MR) is 89.9 cm³/mol. The average Bonchev–Trinajstić information content (AvgIpc) is 2.53. The largest absolute Gasteiger partial charge is 0.497 e. The SMILES string of the molecule is COc1ccc([C@@H](N)[C@@H](N)c2ccc(OC)cc2Cl)c(Cl)c1. The van der Waals surface area contributed by atoms with Crippen LogP contribution in [-0.4, -0.2) is 14.2 Å². The summed E-state index contributed by atoms with van der Waals surface area (Å²) in [6.45, 7) is 0. The second-order valence-electron chi connectivity index (χ2n) is 4.83. The molecule has 0 aliphatic heterocycles. The molecule has 0 aliphatic rings. The maximum Gasteiger partial charge on any atom is 0.120 e. The molecule has 2 aromatic rings. The van der Waals surface area contributed by atoms with E-state index in [1.54, 1.807) is 38.5 Å². The molecule has 0 radical (unpaired) electrons. The van der Waals surface area contributed by atoms with E-state index in [0.29, 0.717) is 21.5 Å². The molecule has 118 valence electrons. The summed E-state index contributed by atoms with van der Waals surface area (Å²) in [5.41, 5.74) is 14.0. The van der Waals surface area contributed by atoms with Gasteiger partial charge in [-0.2, -0.15) is 0 Å². The lowest BCUT2D eigenvalue weighted by Gasteiger charge is -2.23. The average molecular weight is 341 g/mol. The van der Waals surface area contributed by atoms with Gasteiger partial charge < -0.3 is 20.9 Å². The van der Waals surface area contributed by atoms with E-state index in [0.717, 1.165) is 11.1 Å². The van der Waals surface area contributed by atoms with Gasteiger partial charge in [0.25, 0.3) is 0 Å². The smallest absolute Gasteiger partial charge is 0.120 e. The van der Waals surface area contributed by atoms with Crippen molar-refractivity contribution in [3.05, 3.63) is 57.6 Å². The highest BCUT2D eigenvalue weighted by Crippen LogP contribution is 2.35. The fraction of sp³-hybridized carbons (Fsp3) is 0.250. The van der Waals surface area contributed by atoms with Crippen LogP contribution in [0.1, 0.15) is 23.2 Å². The summed E-state index contributed by atoms with van der Waals surface area (Å²) >= 11 is 12.5. The molecule has 0 saturated carbocycles. The van der Waals surface area contributed by atoms with Crippen LogP contribution in [0.5, 0.6) is 11.5 Å². The predicted octanol–water partition coefficient (Wildman–Crippen LogP) is 3.71. The van der Waals surface area contributed by atoms with Gasteiger partial charge in [-0.25, -0.2) is 0 Å². The van der Waals surface area contributed by atoms with E-state index in [1.165, 1.54) is 0 Å². The molecule has 0 bridgehead atoms. The number of methoxy groups -OCH3 is 2. The van der Waals surface area contributed by atoms with E-state index in [-0.39, 0.29) is 0 Å². The van der Waals surface area contributed by atoms with Crippen molar-refractivity contribution in [1.29, 1.82) is 0 Å². The molecule has 0 aromatic heterocycles. The van der Waals surface area contributed by atoms with Gasteiger partial charge in [-0.15, -0.1) is 0 Å². The zero-order valence-corrected chi connectivity index (χ0v) is 13.9. The first-order valence-electron chi connectivity index (χ1n) is 6.66. The van der Waals surface area contributed by atoms with Crippen LogP contribution in [0.3, 0.4) is 0 Å². The van der Waals surface area contributed by atoms with Crippen LogP contribution < -0.4 is 20.9 Å². The molecule has 22 heavy (non-hydrogen) atoms. The van der Waals surface area contributed by atoms with Gasteiger partial charge in [-0.05, 0) is 35.4 Å². The lowest BCUT2D eigenvalue weighted by atomic mass is 9.94. The second kappa shape index (κ2) is 7.20. The van der Waals surface area contributed by atoms with Gasteiger partial charge >= 0.3 is 0 Å². The molecule has 2 aromatic carbocycles. The van der Waals surface area contributed by atoms with Crippen LogP contribution in [0.15, 0.2) is 36.4 Å². The fourth-order valence-electron chi connectivity index (χ4n) is 2.20. The van der Waals surface area contributed by atoms with Gasteiger partial charge in [0, 0.05) is 10.0 Å². The van der Waals surface area contributed by atoms with Crippen molar-refractivity contribution in [3.8, 4) is 11.5 Å². The first-order chi connectivity index (χ1) is 10.5. The van der Waals surface area contributed by atoms with Gasteiger partial charge in [-0.1, -0.05) is 35.3 Å². The molecule has 4 N–H and O–H groups in total. The summed E-state index contributed by atoms with van der Waals surface area (Å²) < 4.78 is 10.3. The minimum atomic E-state index is -0.496. The van der Waals surface area contributed by atoms with Crippen molar-refractivity contribution >= 4 is 23.2 Å². The minimum absolute atomic E-state index is 0.496. The Kier molecular flexibility index (Phi) is 5.53. The van der Waals surface area contributed by atoms with Crippen LogP contribution >= 0.6 is 23.2 Å². The zero-order valence-electron chi connectivity index (χ0n) is 12.3. The van der Waals surface area contributed by atoms with Crippen LogP contribution in [0.25, 0.3) is 0 Å².